The second-order valence-corrected chi connectivity index (χ2v) is 8.94. The first-order valence-corrected chi connectivity index (χ1v) is 9.86. The van der Waals surface area contributed by atoms with E-state index in [4.69, 9.17) is 0 Å². The molecule has 3 rings (SSSR count). The van der Waals surface area contributed by atoms with Crippen LogP contribution in [0.15, 0.2) is 30.3 Å². The molecule has 1 N–H and O–H groups in total. The fourth-order valence-corrected chi connectivity index (χ4v) is 5.22. The van der Waals surface area contributed by atoms with Crippen LogP contribution in [0.1, 0.15) is 50.1 Å². The third kappa shape index (κ3) is 3.67. The van der Waals surface area contributed by atoms with E-state index in [0.717, 1.165) is 25.2 Å². The molecule has 4 heteroatoms. The zero-order valence-corrected chi connectivity index (χ0v) is 13.3. The Balaban J connectivity index is 1.64. The molecule has 1 aromatic rings. The van der Waals surface area contributed by atoms with Gasteiger partial charge in [-0.15, -0.1) is 0 Å². The van der Waals surface area contributed by atoms with Gasteiger partial charge in [0.2, 0.25) is 0 Å². The SMILES string of the molecule is O=S1(=O)CCCC1CNC(CC1CCC1)c1ccccc1. The van der Waals surface area contributed by atoms with Crippen molar-refractivity contribution in [3.8, 4) is 0 Å². The number of hydrogen-bond acceptors (Lipinski definition) is 3. The van der Waals surface area contributed by atoms with Gasteiger partial charge >= 0.3 is 0 Å². The third-order valence-electron chi connectivity index (χ3n) is 5.05. The molecular weight excluding hydrogens is 282 g/mol. The molecule has 116 valence electrons. The van der Waals surface area contributed by atoms with E-state index in [1.165, 1.54) is 24.8 Å². The van der Waals surface area contributed by atoms with Gasteiger partial charge in [0.1, 0.15) is 0 Å². The van der Waals surface area contributed by atoms with Crippen LogP contribution in [0.25, 0.3) is 0 Å². The van der Waals surface area contributed by atoms with Gasteiger partial charge < -0.3 is 5.32 Å². The van der Waals surface area contributed by atoms with Gasteiger partial charge in [0.05, 0.1) is 11.0 Å². The summed E-state index contributed by atoms with van der Waals surface area (Å²) in [6.07, 6.45) is 6.78. The zero-order chi connectivity index (χ0) is 14.7. The lowest BCUT2D eigenvalue weighted by Crippen LogP contribution is -2.34. The third-order valence-corrected chi connectivity index (χ3v) is 7.33. The largest absolute Gasteiger partial charge is 0.309 e. The molecule has 1 aromatic carbocycles. The number of sulfone groups is 1. The summed E-state index contributed by atoms with van der Waals surface area (Å²) >= 11 is 0. The first-order valence-electron chi connectivity index (χ1n) is 8.15. The summed E-state index contributed by atoms with van der Waals surface area (Å²) in [6, 6.07) is 10.8. The van der Waals surface area contributed by atoms with Crippen LogP contribution >= 0.6 is 0 Å². The van der Waals surface area contributed by atoms with E-state index in [9.17, 15) is 8.42 Å². The monoisotopic (exact) mass is 307 g/mol. The van der Waals surface area contributed by atoms with Gasteiger partial charge in [0.25, 0.3) is 0 Å². The number of rotatable bonds is 6. The van der Waals surface area contributed by atoms with Crippen LogP contribution in [-0.4, -0.2) is 26.0 Å². The first-order chi connectivity index (χ1) is 10.1. The molecule has 3 nitrogen and oxygen atoms in total. The Hall–Kier alpha value is -0.870. The fraction of sp³-hybridized carbons (Fsp3) is 0.647. The van der Waals surface area contributed by atoms with Crippen LogP contribution in [0.4, 0.5) is 0 Å². The molecule has 0 amide bonds. The van der Waals surface area contributed by atoms with Crippen LogP contribution in [0.3, 0.4) is 0 Å². The van der Waals surface area contributed by atoms with E-state index in [1.807, 2.05) is 6.07 Å². The summed E-state index contributed by atoms with van der Waals surface area (Å²) in [6.45, 7) is 0.606. The smallest absolute Gasteiger partial charge is 0.154 e. The summed E-state index contributed by atoms with van der Waals surface area (Å²) < 4.78 is 23.9. The number of nitrogens with one attached hydrogen (secondary N) is 1. The van der Waals surface area contributed by atoms with Crippen molar-refractivity contribution in [2.24, 2.45) is 5.92 Å². The van der Waals surface area contributed by atoms with Crippen molar-refractivity contribution in [2.75, 3.05) is 12.3 Å². The minimum Gasteiger partial charge on any atom is -0.309 e. The molecule has 0 aromatic heterocycles. The standard InChI is InChI=1S/C17H25NO2S/c19-21(20)11-5-10-16(21)13-18-17(12-14-6-4-7-14)15-8-2-1-3-9-15/h1-3,8-9,14,16-18H,4-7,10-13H2. The molecule has 1 saturated heterocycles. The van der Waals surface area contributed by atoms with Gasteiger partial charge in [-0.2, -0.15) is 0 Å². The lowest BCUT2D eigenvalue weighted by molar-refractivity contribution is 0.261. The van der Waals surface area contributed by atoms with Crippen LogP contribution in [0.5, 0.6) is 0 Å². The van der Waals surface area contributed by atoms with Gasteiger partial charge in [-0.1, -0.05) is 49.6 Å². The molecule has 2 aliphatic rings. The maximum absolute atomic E-state index is 12.0. The van der Waals surface area contributed by atoms with Crippen molar-refractivity contribution in [3.05, 3.63) is 35.9 Å². The lowest BCUT2D eigenvalue weighted by atomic mass is 9.79. The normalized spacial score (nSPS) is 26.4. The minimum atomic E-state index is -2.85. The molecule has 1 aliphatic carbocycles. The van der Waals surface area contributed by atoms with Gasteiger partial charge in [0.15, 0.2) is 9.84 Å². The van der Waals surface area contributed by atoms with Gasteiger partial charge in [-0.25, -0.2) is 8.42 Å². The second-order valence-electron chi connectivity index (χ2n) is 6.54. The molecule has 21 heavy (non-hydrogen) atoms. The number of benzene rings is 1. The molecule has 1 aliphatic heterocycles. The van der Waals surface area contributed by atoms with E-state index in [-0.39, 0.29) is 5.25 Å². The first kappa shape index (κ1) is 15.0. The van der Waals surface area contributed by atoms with E-state index < -0.39 is 9.84 Å². The van der Waals surface area contributed by atoms with Crippen molar-refractivity contribution < 1.29 is 8.42 Å². The molecule has 1 saturated carbocycles. The summed E-state index contributed by atoms with van der Waals surface area (Å²) in [5, 5.41) is 3.38. The topological polar surface area (TPSA) is 46.2 Å². The molecular formula is C17H25NO2S. The van der Waals surface area contributed by atoms with Crippen LogP contribution < -0.4 is 5.32 Å². The van der Waals surface area contributed by atoms with Crippen molar-refractivity contribution in [2.45, 2.75) is 49.8 Å². The Bertz CT molecular complexity index is 551. The van der Waals surface area contributed by atoms with Crippen LogP contribution in [0, 0.1) is 5.92 Å². The summed E-state index contributed by atoms with van der Waals surface area (Å²) in [4.78, 5) is 0. The lowest BCUT2D eigenvalue weighted by Gasteiger charge is -2.31. The van der Waals surface area contributed by atoms with Crippen molar-refractivity contribution in [1.29, 1.82) is 0 Å². The van der Waals surface area contributed by atoms with Gasteiger partial charge in [-0.05, 0) is 30.7 Å². The van der Waals surface area contributed by atoms with Crippen molar-refractivity contribution in [3.63, 3.8) is 0 Å². The molecule has 2 fully saturated rings. The molecule has 0 radical (unpaired) electrons. The van der Waals surface area contributed by atoms with E-state index in [2.05, 4.69) is 29.6 Å². The Morgan fingerprint density at radius 1 is 1.10 bits per heavy atom. The predicted molar refractivity (Wildman–Crippen MR) is 86.0 cm³/mol. The maximum Gasteiger partial charge on any atom is 0.154 e. The second kappa shape index (κ2) is 6.49. The molecule has 0 bridgehead atoms. The Kier molecular flexibility index (Phi) is 4.65. The predicted octanol–water partition coefficient (Wildman–Crippen LogP) is 3.08. The Morgan fingerprint density at radius 2 is 1.86 bits per heavy atom. The van der Waals surface area contributed by atoms with Crippen molar-refractivity contribution >= 4 is 9.84 Å². The average Bonchev–Trinajstić information content (AvgIpc) is 2.77. The number of hydrogen-bond donors (Lipinski definition) is 1. The van der Waals surface area contributed by atoms with Gasteiger partial charge in [0, 0.05) is 12.6 Å². The minimum absolute atomic E-state index is 0.176. The molecule has 2 atom stereocenters. The summed E-state index contributed by atoms with van der Waals surface area (Å²) in [5.41, 5.74) is 1.29. The zero-order valence-electron chi connectivity index (χ0n) is 12.5. The maximum atomic E-state index is 12.0. The quantitative estimate of drug-likeness (QED) is 0.878. The Morgan fingerprint density at radius 3 is 2.43 bits per heavy atom. The van der Waals surface area contributed by atoms with E-state index in [1.54, 1.807) is 0 Å². The highest BCUT2D eigenvalue weighted by Gasteiger charge is 2.32. The molecule has 0 spiro atoms. The van der Waals surface area contributed by atoms with Crippen LogP contribution in [-0.2, 0) is 9.84 Å². The van der Waals surface area contributed by atoms with Crippen molar-refractivity contribution in [1.82, 2.24) is 5.32 Å². The Labute approximate surface area is 128 Å². The molecule has 1 heterocycles. The molecule has 2 unspecified atom stereocenters. The fourth-order valence-electron chi connectivity index (χ4n) is 3.45. The summed E-state index contributed by atoms with van der Waals surface area (Å²) in [7, 11) is -2.85. The van der Waals surface area contributed by atoms with E-state index >= 15 is 0 Å². The highest BCUT2D eigenvalue weighted by Crippen LogP contribution is 2.35. The highest BCUT2D eigenvalue weighted by atomic mass is 32.2. The highest BCUT2D eigenvalue weighted by molar-refractivity contribution is 7.92. The summed E-state index contributed by atoms with van der Waals surface area (Å²) in [5.74, 6) is 1.18. The van der Waals surface area contributed by atoms with E-state index in [0.29, 0.717) is 18.3 Å². The van der Waals surface area contributed by atoms with Crippen LogP contribution in [0.2, 0.25) is 0 Å². The van der Waals surface area contributed by atoms with Gasteiger partial charge in [-0.3, -0.25) is 0 Å². The average molecular weight is 307 g/mol.